The molecule has 22 heavy (non-hydrogen) atoms. The van der Waals surface area contributed by atoms with Gasteiger partial charge in [-0.3, -0.25) is 9.69 Å². The minimum atomic E-state index is 0.00621. The lowest BCUT2D eigenvalue weighted by atomic mass is 10.2. The first kappa shape index (κ1) is 17.4. The van der Waals surface area contributed by atoms with Crippen LogP contribution in [0.4, 0.5) is 0 Å². The summed E-state index contributed by atoms with van der Waals surface area (Å²) in [7, 11) is 0. The third kappa shape index (κ3) is 4.76. The smallest absolute Gasteiger partial charge is 0.263 e. The van der Waals surface area contributed by atoms with Gasteiger partial charge >= 0.3 is 0 Å². The number of ether oxygens (including phenoxy) is 1. The summed E-state index contributed by atoms with van der Waals surface area (Å²) >= 11 is 1.52. The van der Waals surface area contributed by atoms with Crippen molar-refractivity contribution in [3.8, 4) is 0 Å². The van der Waals surface area contributed by atoms with Gasteiger partial charge in [-0.2, -0.15) is 0 Å². The highest BCUT2D eigenvalue weighted by atomic mass is 32.1. The summed E-state index contributed by atoms with van der Waals surface area (Å²) in [5.74, 6) is 0.00621. The lowest BCUT2D eigenvalue weighted by molar-refractivity contribution is -0.0672. The molecule has 5 nitrogen and oxygen atoms in total. The number of amides is 1. The van der Waals surface area contributed by atoms with E-state index < -0.39 is 0 Å². The first-order chi connectivity index (χ1) is 10.5. The Hall–Kier alpha value is -0.980. The number of nitrogens with one attached hydrogen (secondary N) is 1. The summed E-state index contributed by atoms with van der Waals surface area (Å²) in [6.07, 6.45) is 2.53. The third-order valence-corrected chi connectivity index (χ3v) is 4.94. The highest BCUT2D eigenvalue weighted by molar-refractivity contribution is 7.13. The van der Waals surface area contributed by atoms with Gasteiger partial charge in [-0.05, 0) is 33.6 Å². The Morgan fingerprint density at radius 3 is 2.73 bits per heavy atom. The Labute approximate surface area is 137 Å². The Morgan fingerprint density at radius 2 is 2.09 bits per heavy atom. The normalized spacial score (nSPS) is 22.7. The van der Waals surface area contributed by atoms with Crippen LogP contribution < -0.4 is 5.32 Å². The Balaban J connectivity index is 1.80. The number of carbonyl (C=O) groups is 1. The molecule has 0 saturated carbocycles. The van der Waals surface area contributed by atoms with Gasteiger partial charge in [0.15, 0.2) is 0 Å². The van der Waals surface area contributed by atoms with Gasteiger partial charge < -0.3 is 10.1 Å². The fourth-order valence-electron chi connectivity index (χ4n) is 2.86. The zero-order valence-corrected chi connectivity index (χ0v) is 14.8. The van der Waals surface area contributed by atoms with Crippen molar-refractivity contribution in [1.82, 2.24) is 15.2 Å². The molecule has 0 bridgehead atoms. The lowest BCUT2D eigenvalue weighted by Gasteiger charge is -2.35. The molecule has 1 aromatic rings. The zero-order chi connectivity index (χ0) is 16.1. The van der Waals surface area contributed by atoms with Crippen LogP contribution in [-0.2, 0) is 11.2 Å². The first-order valence-electron chi connectivity index (χ1n) is 8.12. The standard InChI is InChI=1S/C16H27N3O2S/c1-5-6-14-18-13(4)15(22-14)16(20)17-7-8-19-9-11(2)21-12(3)10-19/h11-12H,5-10H2,1-4H3,(H,17,20)/t11-,12-/m1/s1. The first-order valence-corrected chi connectivity index (χ1v) is 8.93. The maximum absolute atomic E-state index is 12.3. The van der Waals surface area contributed by atoms with Crippen molar-refractivity contribution in [1.29, 1.82) is 0 Å². The van der Waals surface area contributed by atoms with Crippen LogP contribution in [0.3, 0.4) is 0 Å². The largest absolute Gasteiger partial charge is 0.373 e. The molecular formula is C16H27N3O2S. The van der Waals surface area contributed by atoms with Gasteiger partial charge in [-0.25, -0.2) is 4.98 Å². The highest BCUT2D eigenvalue weighted by Gasteiger charge is 2.22. The molecule has 1 aliphatic rings. The quantitative estimate of drug-likeness (QED) is 0.871. The average molecular weight is 325 g/mol. The van der Waals surface area contributed by atoms with E-state index in [-0.39, 0.29) is 18.1 Å². The minimum Gasteiger partial charge on any atom is -0.373 e. The van der Waals surface area contributed by atoms with E-state index in [0.717, 1.165) is 48.1 Å². The molecule has 0 spiro atoms. The summed E-state index contributed by atoms with van der Waals surface area (Å²) in [5, 5.41) is 4.08. The topological polar surface area (TPSA) is 54.5 Å². The van der Waals surface area contributed by atoms with Crippen LogP contribution in [0, 0.1) is 6.92 Å². The number of hydrogen-bond acceptors (Lipinski definition) is 5. The maximum atomic E-state index is 12.3. The minimum absolute atomic E-state index is 0.00621. The van der Waals surface area contributed by atoms with Gasteiger partial charge in [-0.1, -0.05) is 6.92 Å². The molecule has 2 heterocycles. The zero-order valence-electron chi connectivity index (χ0n) is 14.0. The van der Waals surface area contributed by atoms with E-state index in [2.05, 4.69) is 36.0 Å². The predicted octanol–water partition coefficient (Wildman–Crippen LogP) is 2.24. The van der Waals surface area contributed by atoms with Crippen molar-refractivity contribution in [2.75, 3.05) is 26.2 Å². The van der Waals surface area contributed by atoms with Crippen LogP contribution in [0.15, 0.2) is 0 Å². The van der Waals surface area contributed by atoms with Crippen LogP contribution in [0.2, 0.25) is 0 Å². The van der Waals surface area contributed by atoms with Crippen LogP contribution >= 0.6 is 11.3 Å². The van der Waals surface area contributed by atoms with Gasteiger partial charge in [0.2, 0.25) is 0 Å². The summed E-state index contributed by atoms with van der Waals surface area (Å²) < 4.78 is 5.72. The van der Waals surface area contributed by atoms with E-state index >= 15 is 0 Å². The second-order valence-electron chi connectivity index (χ2n) is 6.04. The third-order valence-electron chi connectivity index (χ3n) is 3.72. The van der Waals surface area contributed by atoms with Gasteiger partial charge in [0.1, 0.15) is 4.88 Å². The van der Waals surface area contributed by atoms with Gasteiger partial charge in [-0.15, -0.1) is 11.3 Å². The maximum Gasteiger partial charge on any atom is 0.263 e. The summed E-state index contributed by atoms with van der Waals surface area (Å²) in [6.45, 7) is 11.6. The highest BCUT2D eigenvalue weighted by Crippen LogP contribution is 2.19. The molecule has 0 radical (unpaired) electrons. The van der Waals surface area contributed by atoms with E-state index in [1.54, 1.807) is 0 Å². The van der Waals surface area contributed by atoms with Crippen molar-refractivity contribution in [2.24, 2.45) is 0 Å². The van der Waals surface area contributed by atoms with Crippen LogP contribution in [0.1, 0.15) is 47.6 Å². The molecule has 6 heteroatoms. The van der Waals surface area contributed by atoms with Crippen molar-refractivity contribution in [3.63, 3.8) is 0 Å². The Bertz CT molecular complexity index is 494. The molecule has 1 fully saturated rings. The van der Waals surface area contributed by atoms with Gasteiger partial charge in [0.25, 0.3) is 5.91 Å². The molecule has 0 aromatic carbocycles. The number of rotatable bonds is 6. The summed E-state index contributed by atoms with van der Waals surface area (Å²) in [5.41, 5.74) is 0.847. The Kier molecular flexibility index (Phi) is 6.35. The number of thiazole rings is 1. The molecular weight excluding hydrogens is 298 g/mol. The molecule has 124 valence electrons. The number of aromatic nitrogens is 1. The molecule has 1 aliphatic heterocycles. The van der Waals surface area contributed by atoms with E-state index in [9.17, 15) is 4.79 Å². The second-order valence-corrected chi connectivity index (χ2v) is 7.13. The Morgan fingerprint density at radius 1 is 1.41 bits per heavy atom. The number of morpholine rings is 1. The van der Waals surface area contributed by atoms with Crippen molar-refractivity contribution >= 4 is 17.2 Å². The lowest BCUT2D eigenvalue weighted by Crippen LogP contribution is -2.47. The van der Waals surface area contributed by atoms with E-state index in [0.29, 0.717) is 6.54 Å². The number of hydrogen-bond donors (Lipinski definition) is 1. The van der Waals surface area contributed by atoms with Gasteiger partial charge in [0, 0.05) is 26.2 Å². The van der Waals surface area contributed by atoms with Crippen LogP contribution in [0.25, 0.3) is 0 Å². The number of carbonyl (C=O) groups excluding carboxylic acids is 1. The van der Waals surface area contributed by atoms with Gasteiger partial charge in [0.05, 0.1) is 22.9 Å². The summed E-state index contributed by atoms with van der Waals surface area (Å²) in [4.78, 5) is 19.8. The SMILES string of the molecule is CCCc1nc(C)c(C(=O)NCCN2C[C@@H](C)O[C@H](C)C2)s1. The van der Waals surface area contributed by atoms with Crippen molar-refractivity contribution in [2.45, 2.75) is 52.7 Å². The molecule has 2 rings (SSSR count). The molecule has 2 atom stereocenters. The molecule has 1 N–H and O–H groups in total. The fourth-order valence-corrected chi connectivity index (χ4v) is 3.94. The monoisotopic (exact) mass is 325 g/mol. The molecule has 1 saturated heterocycles. The number of aryl methyl sites for hydroxylation is 2. The average Bonchev–Trinajstić information content (AvgIpc) is 2.79. The molecule has 1 aromatic heterocycles. The fraction of sp³-hybridized carbons (Fsp3) is 0.750. The van der Waals surface area contributed by atoms with Crippen LogP contribution in [-0.4, -0.2) is 54.2 Å². The molecule has 0 aliphatic carbocycles. The number of nitrogens with zero attached hydrogens (tertiary/aromatic N) is 2. The van der Waals surface area contributed by atoms with E-state index in [1.807, 2.05) is 6.92 Å². The van der Waals surface area contributed by atoms with Crippen molar-refractivity contribution < 1.29 is 9.53 Å². The second kappa shape index (κ2) is 8.04. The van der Waals surface area contributed by atoms with E-state index in [1.165, 1.54) is 11.3 Å². The molecule has 1 amide bonds. The van der Waals surface area contributed by atoms with Crippen LogP contribution in [0.5, 0.6) is 0 Å². The summed E-state index contributed by atoms with van der Waals surface area (Å²) in [6, 6.07) is 0. The molecule has 0 unspecified atom stereocenters. The van der Waals surface area contributed by atoms with E-state index in [4.69, 9.17) is 4.74 Å². The van der Waals surface area contributed by atoms with Crippen molar-refractivity contribution in [3.05, 3.63) is 15.6 Å². The predicted molar refractivity (Wildman–Crippen MR) is 89.6 cm³/mol.